The fourth-order valence-corrected chi connectivity index (χ4v) is 3.75. The van der Waals surface area contributed by atoms with Crippen LogP contribution in [0.25, 0.3) is 11.3 Å². The summed E-state index contributed by atoms with van der Waals surface area (Å²) in [4.78, 5) is 12.3. The third-order valence-electron chi connectivity index (χ3n) is 4.75. The number of aryl methyl sites for hydroxylation is 4. The van der Waals surface area contributed by atoms with Crippen molar-refractivity contribution in [2.45, 2.75) is 54.1 Å². The largest absolute Gasteiger partial charge is 0.393 e. The summed E-state index contributed by atoms with van der Waals surface area (Å²) in [6.45, 7) is 11.9. The van der Waals surface area contributed by atoms with Crippen molar-refractivity contribution in [2.75, 3.05) is 0 Å². The van der Waals surface area contributed by atoms with Crippen molar-refractivity contribution in [3.8, 4) is 5.69 Å². The first-order valence-electron chi connectivity index (χ1n) is 8.58. The maximum Gasteiger partial charge on any atom is 0.274 e. The lowest BCUT2D eigenvalue weighted by atomic mass is 9.93. The van der Waals surface area contributed by atoms with Gasteiger partial charge in [0.25, 0.3) is 5.56 Å². The molecular weight excluding hydrogens is 314 g/mol. The lowest BCUT2D eigenvalue weighted by Gasteiger charge is -2.22. The van der Waals surface area contributed by atoms with Crippen molar-refractivity contribution in [2.24, 2.45) is 0 Å². The summed E-state index contributed by atoms with van der Waals surface area (Å²) in [6, 6.07) is 5.70. The van der Waals surface area contributed by atoms with E-state index in [0.29, 0.717) is 6.42 Å². The number of fused-ring (bicyclic) bond motifs is 1. The van der Waals surface area contributed by atoms with Crippen LogP contribution in [-0.2, 0) is 6.42 Å². The highest BCUT2D eigenvalue weighted by Crippen LogP contribution is 2.29. The predicted molar refractivity (Wildman–Crippen MR) is 99.9 cm³/mol. The molecule has 5 nitrogen and oxygen atoms in total. The molecule has 0 aliphatic heterocycles. The van der Waals surface area contributed by atoms with Crippen LogP contribution >= 0.6 is 0 Å². The zero-order valence-corrected chi connectivity index (χ0v) is 15.7. The van der Waals surface area contributed by atoms with Crippen LogP contribution < -0.4 is 5.56 Å². The van der Waals surface area contributed by atoms with E-state index in [-0.39, 0.29) is 5.56 Å². The number of aliphatic hydroxyl groups excluding tert-OH is 1. The molecule has 1 atom stereocenters. The lowest BCUT2D eigenvalue weighted by molar-refractivity contribution is 0.195. The molecule has 132 valence electrons. The average Bonchev–Trinajstić information content (AvgIpc) is 2.88. The van der Waals surface area contributed by atoms with Crippen molar-refractivity contribution in [1.29, 1.82) is 0 Å². The molecule has 25 heavy (non-hydrogen) atoms. The zero-order chi connectivity index (χ0) is 18.5. The number of rotatable bonds is 3. The second-order valence-corrected chi connectivity index (χ2v) is 7.03. The van der Waals surface area contributed by atoms with Crippen molar-refractivity contribution < 1.29 is 5.11 Å². The molecule has 2 heterocycles. The molecule has 0 aliphatic rings. The van der Waals surface area contributed by atoms with E-state index in [1.807, 2.05) is 26.8 Å². The van der Waals surface area contributed by atoms with Gasteiger partial charge < -0.3 is 5.11 Å². The lowest BCUT2D eigenvalue weighted by Crippen LogP contribution is -2.20. The van der Waals surface area contributed by atoms with Crippen molar-refractivity contribution in [3.05, 3.63) is 62.2 Å². The molecule has 0 saturated carbocycles. The van der Waals surface area contributed by atoms with E-state index in [0.717, 1.165) is 39.4 Å². The minimum atomic E-state index is -0.402. The average molecular weight is 339 g/mol. The molecule has 0 amide bonds. The molecule has 3 aromatic rings. The van der Waals surface area contributed by atoms with Gasteiger partial charge in [-0.3, -0.25) is 9.36 Å². The summed E-state index contributed by atoms with van der Waals surface area (Å²) < 4.78 is 3.55. The van der Waals surface area contributed by atoms with Gasteiger partial charge >= 0.3 is 0 Å². The maximum atomic E-state index is 12.3. The molecule has 3 rings (SSSR count). The molecule has 0 bridgehead atoms. The molecule has 0 saturated heterocycles. The summed E-state index contributed by atoms with van der Waals surface area (Å²) in [5, 5.41) is 14.2. The minimum absolute atomic E-state index is 0.122. The second kappa shape index (κ2) is 6.15. The number of nitrogens with zero attached hydrogens (tertiary/aromatic N) is 3. The first-order chi connectivity index (χ1) is 11.7. The fourth-order valence-electron chi connectivity index (χ4n) is 3.75. The van der Waals surface area contributed by atoms with Crippen molar-refractivity contribution >= 4 is 5.65 Å². The predicted octanol–water partition coefficient (Wildman–Crippen LogP) is 2.95. The first kappa shape index (κ1) is 17.4. The van der Waals surface area contributed by atoms with Gasteiger partial charge in [-0.25, -0.2) is 0 Å². The van der Waals surface area contributed by atoms with E-state index < -0.39 is 6.10 Å². The molecule has 5 heteroatoms. The smallest absolute Gasteiger partial charge is 0.274 e. The summed E-state index contributed by atoms with van der Waals surface area (Å²) in [7, 11) is 0. The van der Waals surface area contributed by atoms with Gasteiger partial charge in [0.15, 0.2) is 0 Å². The van der Waals surface area contributed by atoms with E-state index >= 15 is 0 Å². The standard InChI is InChI=1S/C20H25N3O2/c1-11-7-12(2)20(16(6)17(11)10-15(5)24)22-14(4)9-19(25)23-18(22)8-13(3)21-23/h7-9,15,24H,10H2,1-6H3. The Morgan fingerprint density at radius 1 is 1.08 bits per heavy atom. The molecule has 1 aromatic carbocycles. The first-order valence-corrected chi connectivity index (χ1v) is 8.58. The molecule has 0 spiro atoms. The van der Waals surface area contributed by atoms with E-state index in [9.17, 15) is 9.90 Å². The number of hydrogen-bond acceptors (Lipinski definition) is 3. The van der Waals surface area contributed by atoms with Gasteiger partial charge in [-0.1, -0.05) is 6.07 Å². The Hall–Kier alpha value is -2.40. The highest BCUT2D eigenvalue weighted by molar-refractivity contribution is 5.60. The Kier molecular flexibility index (Phi) is 4.29. The molecule has 0 fully saturated rings. The van der Waals surface area contributed by atoms with Crippen LogP contribution in [0.15, 0.2) is 23.0 Å². The second-order valence-electron chi connectivity index (χ2n) is 7.03. The summed E-state index contributed by atoms with van der Waals surface area (Å²) in [5.74, 6) is 0. The van der Waals surface area contributed by atoms with Crippen LogP contribution in [0.1, 0.15) is 40.6 Å². The van der Waals surface area contributed by atoms with Gasteiger partial charge in [-0.05, 0) is 70.2 Å². The van der Waals surface area contributed by atoms with E-state index in [4.69, 9.17) is 0 Å². The minimum Gasteiger partial charge on any atom is -0.393 e. The Labute approximate surface area is 147 Å². The van der Waals surface area contributed by atoms with Gasteiger partial charge in [0.2, 0.25) is 0 Å². The van der Waals surface area contributed by atoms with Gasteiger partial charge in [-0.2, -0.15) is 9.61 Å². The molecule has 0 radical (unpaired) electrons. The third kappa shape index (κ3) is 2.89. The number of aromatic nitrogens is 3. The topological polar surface area (TPSA) is 59.5 Å². The number of aliphatic hydroxyl groups is 1. The normalized spacial score (nSPS) is 12.8. The summed E-state index contributed by atoms with van der Waals surface area (Å²) in [5.41, 5.74) is 7.98. The van der Waals surface area contributed by atoms with Gasteiger partial charge in [-0.15, -0.1) is 0 Å². The van der Waals surface area contributed by atoms with Crippen molar-refractivity contribution in [1.82, 2.24) is 14.2 Å². The monoisotopic (exact) mass is 339 g/mol. The molecule has 2 aromatic heterocycles. The quantitative estimate of drug-likeness (QED) is 0.798. The molecule has 1 unspecified atom stereocenters. The SMILES string of the molecule is Cc1cc2n(-c3c(C)cc(C)c(CC(C)O)c3C)c(C)cc(=O)n2n1. The summed E-state index contributed by atoms with van der Waals surface area (Å²) in [6.07, 6.45) is 0.207. The van der Waals surface area contributed by atoms with Crippen LogP contribution in [-0.4, -0.2) is 25.4 Å². The maximum absolute atomic E-state index is 12.3. The third-order valence-corrected chi connectivity index (χ3v) is 4.75. The van der Waals surface area contributed by atoms with Crippen LogP contribution in [0.5, 0.6) is 0 Å². The molecular formula is C20H25N3O2. The Balaban J connectivity index is 2.41. The summed E-state index contributed by atoms with van der Waals surface area (Å²) >= 11 is 0. The highest BCUT2D eigenvalue weighted by Gasteiger charge is 2.18. The molecule has 0 aliphatic carbocycles. The van der Waals surface area contributed by atoms with E-state index in [1.54, 1.807) is 6.07 Å². The zero-order valence-electron chi connectivity index (χ0n) is 15.7. The van der Waals surface area contributed by atoms with Crippen LogP contribution in [0.4, 0.5) is 0 Å². The highest BCUT2D eigenvalue weighted by atomic mass is 16.3. The van der Waals surface area contributed by atoms with E-state index in [2.05, 4.69) is 36.5 Å². The van der Waals surface area contributed by atoms with Crippen LogP contribution in [0.2, 0.25) is 0 Å². The fraction of sp³-hybridized carbons (Fsp3) is 0.400. The number of hydrogen-bond donors (Lipinski definition) is 1. The van der Waals surface area contributed by atoms with Gasteiger partial charge in [0.05, 0.1) is 17.5 Å². The van der Waals surface area contributed by atoms with Crippen LogP contribution in [0.3, 0.4) is 0 Å². The van der Waals surface area contributed by atoms with Crippen LogP contribution in [0, 0.1) is 34.6 Å². The molecule has 1 N–H and O–H groups in total. The van der Waals surface area contributed by atoms with Crippen molar-refractivity contribution in [3.63, 3.8) is 0 Å². The van der Waals surface area contributed by atoms with Gasteiger partial charge in [0, 0.05) is 17.8 Å². The number of benzene rings is 1. The Bertz CT molecular complexity index is 1030. The van der Waals surface area contributed by atoms with E-state index in [1.165, 1.54) is 10.1 Å². The Morgan fingerprint density at radius 3 is 2.40 bits per heavy atom. The van der Waals surface area contributed by atoms with Gasteiger partial charge in [0.1, 0.15) is 5.65 Å². The Morgan fingerprint density at radius 2 is 1.76 bits per heavy atom.